The highest BCUT2D eigenvalue weighted by Gasteiger charge is 2.50. The van der Waals surface area contributed by atoms with Gasteiger partial charge in [0.25, 0.3) is 0 Å². The Kier molecular flexibility index (Phi) is 2.47. The van der Waals surface area contributed by atoms with Crippen molar-refractivity contribution in [2.24, 2.45) is 0 Å². The summed E-state index contributed by atoms with van der Waals surface area (Å²) < 4.78 is 0. The van der Waals surface area contributed by atoms with Gasteiger partial charge in [0, 0.05) is 12.3 Å². The van der Waals surface area contributed by atoms with E-state index in [1.807, 2.05) is 0 Å². The van der Waals surface area contributed by atoms with E-state index in [1.54, 1.807) is 0 Å². The lowest BCUT2D eigenvalue weighted by molar-refractivity contribution is -0.108. The monoisotopic (exact) mass is 296 g/mol. The molecule has 0 aliphatic heterocycles. The SMILES string of the molecule is O=CCC12c3ccccc3C(c3ccccc31)c1ccccc12. The second-order valence-corrected chi connectivity index (χ2v) is 6.47. The van der Waals surface area contributed by atoms with E-state index in [-0.39, 0.29) is 11.3 Å². The van der Waals surface area contributed by atoms with Crippen LogP contribution in [0.15, 0.2) is 72.8 Å². The fourth-order valence-corrected chi connectivity index (χ4v) is 4.80. The van der Waals surface area contributed by atoms with Gasteiger partial charge >= 0.3 is 0 Å². The quantitative estimate of drug-likeness (QED) is 0.640. The van der Waals surface area contributed by atoms with Crippen LogP contribution in [-0.4, -0.2) is 6.29 Å². The maximum atomic E-state index is 11.7. The molecule has 6 rings (SSSR count). The van der Waals surface area contributed by atoms with E-state index < -0.39 is 0 Å². The molecule has 3 aromatic rings. The van der Waals surface area contributed by atoms with Crippen LogP contribution in [0.5, 0.6) is 0 Å². The van der Waals surface area contributed by atoms with Crippen molar-refractivity contribution in [3.63, 3.8) is 0 Å². The van der Waals surface area contributed by atoms with Gasteiger partial charge in [0.15, 0.2) is 0 Å². The largest absolute Gasteiger partial charge is 0.303 e. The van der Waals surface area contributed by atoms with Gasteiger partial charge in [-0.25, -0.2) is 0 Å². The first kappa shape index (κ1) is 12.8. The van der Waals surface area contributed by atoms with Crippen molar-refractivity contribution < 1.29 is 4.79 Å². The molecule has 1 nitrogen and oxygen atoms in total. The van der Waals surface area contributed by atoms with Crippen LogP contribution in [-0.2, 0) is 10.2 Å². The molecule has 3 aromatic carbocycles. The van der Waals surface area contributed by atoms with Crippen LogP contribution in [0.1, 0.15) is 45.7 Å². The lowest BCUT2D eigenvalue weighted by atomic mass is 9.52. The van der Waals surface area contributed by atoms with Crippen molar-refractivity contribution >= 4 is 6.29 Å². The molecule has 2 bridgehead atoms. The molecule has 0 amide bonds. The molecule has 110 valence electrons. The number of carbonyl (C=O) groups excluding carboxylic acids is 1. The van der Waals surface area contributed by atoms with Gasteiger partial charge in [0.05, 0.1) is 5.41 Å². The Hall–Kier alpha value is -2.67. The first-order valence-electron chi connectivity index (χ1n) is 8.10. The lowest BCUT2D eigenvalue weighted by Gasteiger charge is -2.50. The molecule has 23 heavy (non-hydrogen) atoms. The predicted molar refractivity (Wildman–Crippen MR) is 90.8 cm³/mol. The summed E-state index contributed by atoms with van der Waals surface area (Å²) in [5.41, 5.74) is 7.63. The van der Waals surface area contributed by atoms with Gasteiger partial charge in [-0.05, 0) is 33.4 Å². The Morgan fingerprint density at radius 1 is 0.696 bits per heavy atom. The standard InChI is InChI=1S/C22H16O/c23-14-13-22-18-10-4-1-7-15(18)21(16-8-2-5-11-19(16)22)17-9-3-6-12-20(17)22/h1-12,14,21H,13H2. The molecular weight excluding hydrogens is 280 g/mol. The zero-order valence-corrected chi connectivity index (χ0v) is 12.7. The molecule has 0 radical (unpaired) electrons. The minimum Gasteiger partial charge on any atom is -0.303 e. The van der Waals surface area contributed by atoms with Gasteiger partial charge in [-0.3, -0.25) is 0 Å². The second-order valence-electron chi connectivity index (χ2n) is 6.47. The van der Waals surface area contributed by atoms with E-state index in [9.17, 15) is 4.79 Å². The van der Waals surface area contributed by atoms with Gasteiger partial charge in [-0.2, -0.15) is 0 Å². The molecule has 0 fully saturated rings. The van der Waals surface area contributed by atoms with Gasteiger partial charge in [0.2, 0.25) is 0 Å². The first-order chi connectivity index (χ1) is 11.4. The Balaban J connectivity index is 1.99. The third-order valence-corrected chi connectivity index (χ3v) is 5.58. The maximum absolute atomic E-state index is 11.7. The van der Waals surface area contributed by atoms with Crippen LogP contribution in [0.4, 0.5) is 0 Å². The van der Waals surface area contributed by atoms with E-state index in [4.69, 9.17) is 0 Å². The van der Waals surface area contributed by atoms with E-state index >= 15 is 0 Å². The summed E-state index contributed by atoms with van der Waals surface area (Å²) >= 11 is 0. The minimum absolute atomic E-state index is 0.284. The summed E-state index contributed by atoms with van der Waals surface area (Å²) in [7, 11) is 0. The number of benzene rings is 3. The van der Waals surface area contributed by atoms with E-state index in [0.29, 0.717) is 6.42 Å². The smallest absolute Gasteiger partial charge is 0.121 e. The third kappa shape index (κ3) is 1.40. The van der Waals surface area contributed by atoms with Crippen molar-refractivity contribution in [1.29, 1.82) is 0 Å². The predicted octanol–water partition coefficient (Wildman–Crippen LogP) is 4.42. The molecule has 0 N–H and O–H groups in total. The van der Waals surface area contributed by atoms with E-state index in [1.165, 1.54) is 33.4 Å². The summed E-state index contributed by atoms with van der Waals surface area (Å²) in [6, 6.07) is 25.9. The summed E-state index contributed by atoms with van der Waals surface area (Å²) in [5, 5.41) is 0. The van der Waals surface area contributed by atoms with Gasteiger partial charge < -0.3 is 4.79 Å². The van der Waals surface area contributed by atoms with Crippen molar-refractivity contribution in [3.05, 3.63) is 106 Å². The fraction of sp³-hybridized carbons (Fsp3) is 0.136. The number of rotatable bonds is 2. The van der Waals surface area contributed by atoms with Gasteiger partial charge in [0.1, 0.15) is 6.29 Å². The van der Waals surface area contributed by atoms with Crippen molar-refractivity contribution in [2.45, 2.75) is 17.8 Å². The summed E-state index contributed by atoms with van der Waals surface area (Å²) in [4.78, 5) is 11.7. The minimum atomic E-state index is -0.333. The molecule has 1 heteroatoms. The number of carbonyl (C=O) groups is 1. The number of hydrogen-bond donors (Lipinski definition) is 0. The topological polar surface area (TPSA) is 17.1 Å². The van der Waals surface area contributed by atoms with E-state index in [0.717, 1.165) is 6.29 Å². The van der Waals surface area contributed by atoms with Gasteiger partial charge in [-0.15, -0.1) is 0 Å². The third-order valence-electron chi connectivity index (χ3n) is 5.58. The van der Waals surface area contributed by atoms with Crippen LogP contribution in [0.3, 0.4) is 0 Å². The van der Waals surface area contributed by atoms with Crippen LogP contribution in [0, 0.1) is 0 Å². The molecule has 0 heterocycles. The fourth-order valence-electron chi connectivity index (χ4n) is 4.80. The van der Waals surface area contributed by atoms with Crippen LogP contribution in [0.2, 0.25) is 0 Å². The van der Waals surface area contributed by atoms with Crippen molar-refractivity contribution in [1.82, 2.24) is 0 Å². The Labute approximate surface area is 135 Å². The first-order valence-corrected chi connectivity index (χ1v) is 8.10. The Morgan fingerprint density at radius 2 is 1.09 bits per heavy atom. The highest BCUT2D eigenvalue weighted by Crippen LogP contribution is 2.59. The van der Waals surface area contributed by atoms with E-state index in [2.05, 4.69) is 72.8 Å². The molecule has 3 aliphatic carbocycles. The molecule has 0 unspecified atom stereocenters. The normalized spacial score (nSPS) is 22.9. The molecule has 0 spiro atoms. The number of hydrogen-bond acceptors (Lipinski definition) is 1. The Morgan fingerprint density at radius 3 is 1.48 bits per heavy atom. The molecule has 0 aromatic heterocycles. The summed E-state index contributed by atoms with van der Waals surface area (Å²) in [6.07, 6.45) is 1.57. The zero-order valence-electron chi connectivity index (χ0n) is 12.7. The van der Waals surface area contributed by atoms with Crippen LogP contribution in [0.25, 0.3) is 0 Å². The van der Waals surface area contributed by atoms with Crippen molar-refractivity contribution in [2.75, 3.05) is 0 Å². The van der Waals surface area contributed by atoms with Crippen LogP contribution >= 0.6 is 0 Å². The highest BCUT2D eigenvalue weighted by atomic mass is 16.1. The van der Waals surface area contributed by atoms with Crippen molar-refractivity contribution in [3.8, 4) is 0 Å². The number of aldehydes is 1. The molecule has 0 atom stereocenters. The molecule has 0 saturated carbocycles. The highest BCUT2D eigenvalue weighted by molar-refractivity contribution is 5.75. The zero-order chi connectivity index (χ0) is 15.4. The summed E-state index contributed by atoms with van der Waals surface area (Å²) in [6.45, 7) is 0. The lowest BCUT2D eigenvalue weighted by Crippen LogP contribution is -2.42. The van der Waals surface area contributed by atoms with Gasteiger partial charge in [-0.1, -0.05) is 72.8 Å². The molecule has 0 saturated heterocycles. The summed E-state index contributed by atoms with van der Waals surface area (Å²) in [5.74, 6) is 0.284. The van der Waals surface area contributed by atoms with Crippen LogP contribution < -0.4 is 0 Å². The average molecular weight is 296 g/mol. The second kappa shape index (κ2) is 4.42. The average Bonchev–Trinajstić information content (AvgIpc) is 2.62. The maximum Gasteiger partial charge on any atom is 0.121 e. The Bertz CT molecular complexity index is 822. The molecular formula is C22H16O. The molecule has 3 aliphatic rings.